The predicted octanol–water partition coefficient (Wildman–Crippen LogP) is 4.53. The molecule has 0 aromatic carbocycles. The SMILES string of the molecule is CCCCCCC1(CNC(C)(C)C)CCOC1C1CC1. The minimum absolute atomic E-state index is 0.215. The molecule has 0 amide bonds. The molecule has 118 valence electrons. The van der Waals surface area contributed by atoms with Crippen LogP contribution >= 0.6 is 0 Å². The molecule has 1 aliphatic heterocycles. The zero-order valence-corrected chi connectivity index (χ0v) is 14.1. The summed E-state index contributed by atoms with van der Waals surface area (Å²) in [6.45, 7) is 11.3. The maximum Gasteiger partial charge on any atom is 0.0672 e. The van der Waals surface area contributed by atoms with Crippen LogP contribution in [0.15, 0.2) is 0 Å². The average molecular weight is 281 g/mol. The summed E-state index contributed by atoms with van der Waals surface area (Å²) in [6, 6.07) is 0. The van der Waals surface area contributed by atoms with Crippen LogP contribution in [0.1, 0.15) is 79.1 Å². The summed E-state index contributed by atoms with van der Waals surface area (Å²) in [4.78, 5) is 0. The molecular formula is C18H35NO. The van der Waals surface area contributed by atoms with E-state index >= 15 is 0 Å². The quantitative estimate of drug-likeness (QED) is 0.660. The monoisotopic (exact) mass is 281 g/mol. The molecule has 1 heterocycles. The van der Waals surface area contributed by atoms with Crippen molar-refractivity contribution in [1.29, 1.82) is 0 Å². The molecule has 0 aromatic rings. The second-order valence-electron chi connectivity index (χ2n) is 8.16. The Morgan fingerprint density at radius 1 is 1.15 bits per heavy atom. The van der Waals surface area contributed by atoms with Gasteiger partial charge in [0.2, 0.25) is 0 Å². The van der Waals surface area contributed by atoms with Crippen molar-refractivity contribution in [3.8, 4) is 0 Å². The van der Waals surface area contributed by atoms with Gasteiger partial charge in [-0.2, -0.15) is 0 Å². The molecule has 2 aliphatic rings. The lowest BCUT2D eigenvalue weighted by Gasteiger charge is -2.37. The fourth-order valence-electron chi connectivity index (χ4n) is 3.63. The van der Waals surface area contributed by atoms with Crippen molar-refractivity contribution in [3.63, 3.8) is 0 Å². The summed E-state index contributed by atoms with van der Waals surface area (Å²) in [6.07, 6.45) is 11.5. The Balaban J connectivity index is 1.94. The molecule has 20 heavy (non-hydrogen) atoms. The Morgan fingerprint density at radius 2 is 1.90 bits per heavy atom. The first-order valence-corrected chi connectivity index (χ1v) is 8.83. The normalized spacial score (nSPS) is 30.9. The molecule has 0 bridgehead atoms. The molecule has 0 radical (unpaired) electrons. The molecule has 1 saturated heterocycles. The second-order valence-corrected chi connectivity index (χ2v) is 8.16. The number of hydrogen-bond acceptors (Lipinski definition) is 2. The highest BCUT2D eigenvalue weighted by Gasteiger charge is 2.50. The first kappa shape index (κ1) is 16.3. The molecule has 2 nitrogen and oxygen atoms in total. The van der Waals surface area contributed by atoms with Gasteiger partial charge in [0.1, 0.15) is 0 Å². The van der Waals surface area contributed by atoms with E-state index in [4.69, 9.17) is 4.74 Å². The largest absolute Gasteiger partial charge is 0.377 e. The summed E-state index contributed by atoms with van der Waals surface area (Å²) in [5, 5.41) is 3.78. The number of ether oxygens (including phenoxy) is 1. The van der Waals surface area contributed by atoms with Crippen LogP contribution in [0, 0.1) is 11.3 Å². The third-order valence-corrected chi connectivity index (χ3v) is 5.05. The van der Waals surface area contributed by atoms with Gasteiger partial charge in [-0.3, -0.25) is 0 Å². The van der Waals surface area contributed by atoms with Gasteiger partial charge in [-0.15, -0.1) is 0 Å². The van der Waals surface area contributed by atoms with E-state index in [1.807, 2.05) is 0 Å². The van der Waals surface area contributed by atoms with Crippen LogP contribution in [0.3, 0.4) is 0 Å². The Hall–Kier alpha value is -0.0800. The van der Waals surface area contributed by atoms with Crippen molar-refractivity contribution < 1.29 is 4.74 Å². The highest BCUT2D eigenvalue weighted by Crippen LogP contribution is 2.50. The van der Waals surface area contributed by atoms with Crippen molar-refractivity contribution in [1.82, 2.24) is 5.32 Å². The fraction of sp³-hybridized carbons (Fsp3) is 1.00. The van der Waals surface area contributed by atoms with E-state index in [-0.39, 0.29) is 5.54 Å². The summed E-state index contributed by atoms with van der Waals surface area (Å²) in [5.74, 6) is 0.866. The smallest absolute Gasteiger partial charge is 0.0672 e. The standard InChI is InChI=1S/C18H35NO/c1-5-6-7-8-11-18(14-19-17(2,3)4)12-13-20-16(18)15-9-10-15/h15-16,19H,5-14H2,1-4H3. The van der Waals surface area contributed by atoms with E-state index in [0.29, 0.717) is 11.5 Å². The van der Waals surface area contributed by atoms with Gasteiger partial charge >= 0.3 is 0 Å². The second kappa shape index (κ2) is 6.79. The van der Waals surface area contributed by atoms with Crippen molar-refractivity contribution in [2.24, 2.45) is 11.3 Å². The Morgan fingerprint density at radius 3 is 2.50 bits per heavy atom. The highest BCUT2D eigenvalue weighted by molar-refractivity contribution is 5.01. The van der Waals surface area contributed by atoms with Gasteiger partial charge in [0.25, 0.3) is 0 Å². The first-order chi connectivity index (χ1) is 9.47. The van der Waals surface area contributed by atoms with Crippen LogP contribution in [0.25, 0.3) is 0 Å². The number of rotatable bonds is 8. The van der Waals surface area contributed by atoms with Crippen LogP contribution in [0.2, 0.25) is 0 Å². The fourth-order valence-corrected chi connectivity index (χ4v) is 3.63. The highest BCUT2D eigenvalue weighted by atomic mass is 16.5. The van der Waals surface area contributed by atoms with E-state index < -0.39 is 0 Å². The minimum Gasteiger partial charge on any atom is -0.377 e. The maximum absolute atomic E-state index is 6.18. The molecule has 1 N–H and O–H groups in total. The van der Waals surface area contributed by atoms with Gasteiger partial charge in [0, 0.05) is 24.1 Å². The number of unbranched alkanes of at least 4 members (excludes halogenated alkanes) is 3. The van der Waals surface area contributed by atoms with E-state index in [0.717, 1.165) is 19.1 Å². The molecule has 1 aliphatic carbocycles. The van der Waals surface area contributed by atoms with Gasteiger partial charge in [-0.1, -0.05) is 32.6 Å². The lowest BCUT2D eigenvalue weighted by Crippen LogP contribution is -2.48. The molecule has 2 heteroatoms. The average Bonchev–Trinajstić information content (AvgIpc) is 3.13. The lowest BCUT2D eigenvalue weighted by atomic mass is 9.74. The third kappa shape index (κ3) is 4.46. The van der Waals surface area contributed by atoms with E-state index in [1.165, 1.54) is 51.4 Å². The van der Waals surface area contributed by atoms with Crippen molar-refractivity contribution in [3.05, 3.63) is 0 Å². The van der Waals surface area contributed by atoms with Crippen molar-refractivity contribution >= 4 is 0 Å². The third-order valence-electron chi connectivity index (χ3n) is 5.05. The summed E-state index contributed by atoms with van der Waals surface area (Å²) in [5.41, 5.74) is 0.634. The van der Waals surface area contributed by atoms with Crippen LogP contribution < -0.4 is 5.32 Å². The molecule has 0 spiro atoms. The van der Waals surface area contributed by atoms with Gasteiger partial charge in [-0.25, -0.2) is 0 Å². The zero-order chi connectivity index (χ0) is 14.6. The molecule has 2 atom stereocenters. The van der Waals surface area contributed by atoms with Gasteiger partial charge in [-0.05, 0) is 52.4 Å². The van der Waals surface area contributed by atoms with Gasteiger partial charge < -0.3 is 10.1 Å². The Labute approximate surface area is 126 Å². The van der Waals surface area contributed by atoms with Crippen molar-refractivity contribution in [2.75, 3.05) is 13.2 Å². The maximum atomic E-state index is 6.18. The molecule has 0 aromatic heterocycles. The number of nitrogens with one attached hydrogen (secondary N) is 1. The van der Waals surface area contributed by atoms with Gasteiger partial charge in [0.15, 0.2) is 0 Å². The number of hydrogen-bond donors (Lipinski definition) is 1. The first-order valence-electron chi connectivity index (χ1n) is 8.83. The Bertz CT molecular complexity index is 292. The summed E-state index contributed by atoms with van der Waals surface area (Å²) >= 11 is 0. The van der Waals surface area contributed by atoms with E-state index in [2.05, 4.69) is 33.0 Å². The molecule has 1 saturated carbocycles. The van der Waals surface area contributed by atoms with Crippen LogP contribution in [0.4, 0.5) is 0 Å². The molecule has 2 rings (SSSR count). The zero-order valence-electron chi connectivity index (χ0n) is 14.1. The van der Waals surface area contributed by atoms with Crippen LogP contribution in [-0.4, -0.2) is 24.8 Å². The minimum atomic E-state index is 0.215. The summed E-state index contributed by atoms with van der Waals surface area (Å²) in [7, 11) is 0. The van der Waals surface area contributed by atoms with E-state index in [9.17, 15) is 0 Å². The predicted molar refractivity (Wildman–Crippen MR) is 86.0 cm³/mol. The van der Waals surface area contributed by atoms with E-state index in [1.54, 1.807) is 0 Å². The molecule has 2 unspecified atom stereocenters. The van der Waals surface area contributed by atoms with Gasteiger partial charge in [0.05, 0.1) is 6.10 Å². The molecular weight excluding hydrogens is 246 g/mol. The van der Waals surface area contributed by atoms with Crippen LogP contribution in [0.5, 0.6) is 0 Å². The van der Waals surface area contributed by atoms with Crippen molar-refractivity contribution in [2.45, 2.75) is 90.7 Å². The lowest BCUT2D eigenvalue weighted by molar-refractivity contribution is 0.0226. The van der Waals surface area contributed by atoms with Crippen LogP contribution in [-0.2, 0) is 4.74 Å². The topological polar surface area (TPSA) is 21.3 Å². The summed E-state index contributed by atoms with van der Waals surface area (Å²) < 4.78 is 6.18. The molecule has 2 fully saturated rings. The Kier molecular flexibility index (Phi) is 5.53.